The Balaban J connectivity index is 0.000000143. The lowest BCUT2D eigenvalue weighted by Crippen LogP contribution is -2.33. The van der Waals surface area contributed by atoms with Crippen LogP contribution in [0.2, 0.25) is 0 Å². The number of aliphatic hydroxyl groups excluding tert-OH is 1. The van der Waals surface area contributed by atoms with Gasteiger partial charge in [-0.15, -0.1) is 0 Å². The van der Waals surface area contributed by atoms with Crippen molar-refractivity contribution in [2.24, 2.45) is 12.0 Å². The number of carbonyl (C=O) groups is 2. The molecule has 4 heterocycles. The van der Waals surface area contributed by atoms with Gasteiger partial charge < -0.3 is 19.8 Å². The number of aliphatic imine (C=N–C) groups is 1. The molecule has 8 nitrogen and oxygen atoms in total. The van der Waals surface area contributed by atoms with Gasteiger partial charge >= 0.3 is 0 Å². The van der Waals surface area contributed by atoms with Crippen molar-refractivity contribution in [3.05, 3.63) is 101 Å². The lowest BCUT2D eigenvalue weighted by Gasteiger charge is -2.32. The molecule has 0 amide bonds. The minimum atomic E-state index is -0.0528. The van der Waals surface area contributed by atoms with Crippen LogP contribution >= 0.6 is 0 Å². The molecule has 0 aromatic carbocycles. The van der Waals surface area contributed by atoms with Crippen molar-refractivity contribution >= 4 is 34.1 Å². The minimum Gasteiger partial charge on any atom is -0.871 e. The second-order valence-corrected chi connectivity index (χ2v) is 16.6. The summed E-state index contributed by atoms with van der Waals surface area (Å²) in [6.07, 6.45) is 17.4. The second-order valence-electron chi connectivity index (χ2n) is 16.6. The minimum absolute atomic E-state index is 0.0482. The molecule has 280 valence electrons. The zero-order valence-corrected chi connectivity index (χ0v) is 32.8. The Hall–Kier alpha value is -4.72. The molecule has 0 bridgehead atoms. The van der Waals surface area contributed by atoms with E-state index < -0.39 is 0 Å². The molecular formula is C46H52N4O4. The molecule has 0 saturated carbocycles. The Labute approximate surface area is 318 Å². The number of rotatable bonds is 2. The van der Waals surface area contributed by atoms with E-state index in [9.17, 15) is 19.8 Å². The van der Waals surface area contributed by atoms with Gasteiger partial charge in [-0.2, -0.15) is 4.58 Å². The largest absolute Gasteiger partial charge is 0.871 e. The second kappa shape index (κ2) is 13.0. The summed E-state index contributed by atoms with van der Waals surface area (Å²) in [5, 5.41) is 24.2. The number of hydrogen-bond acceptors (Lipinski definition) is 5. The number of aryl methyl sites for hydroxylation is 1. The number of carbonyl (C=O) groups excluding carboxylic acids is 2. The Morgan fingerprint density at radius 1 is 0.667 bits per heavy atom. The number of hydrogen-bond donors (Lipinski definition) is 2. The van der Waals surface area contributed by atoms with E-state index in [-0.39, 0.29) is 23.1 Å². The van der Waals surface area contributed by atoms with Crippen LogP contribution in [0.5, 0.6) is 0 Å². The average molecular weight is 725 g/mol. The van der Waals surface area contributed by atoms with Crippen molar-refractivity contribution in [1.29, 1.82) is 0 Å². The topological polar surface area (TPSA) is 114 Å². The number of fused-ring (bicyclic) bond motifs is 2. The van der Waals surface area contributed by atoms with E-state index in [0.29, 0.717) is 22.3 Å². The predicted octanol–water partition coefficient (Wildman–Crippen LogP) is 7.76. The summed E-state index contributed by atoms with van der Waals surface area (Å²) in [6, 6.07) is 0. The van der Waals surface area contributed by atoms with Crippen LogP contribution in [-0.2, 0) is 42.3 Å². The fourth-order valence-electron chi connectivity index (χ4n) is 10.8. The number of allylic oxidation sites excluding steroid dienone is 8. The lowest BCUT2D eigenvalue weighted by molar-refractivity contribution is -0.438. The monoisotopic (exact) mass is 724 g/mol. The van der Waals surface area contributed by atoms with Gasteiger partial charge in [0.1, 0.15) is 12.8 Å². The molecule has 2 N–H and O–H groups in total. The van der Waals surface area contributed by atoms with Crippen LogP contribution in [0.15, 0.2) is 61.3 Å². The van der Waals surface area contributed by atoms with Gasteiger partial charge in [0.25, 0.3) is 0 Å². The van der Waals surface area contributed by atoms with E-state index in [1.807, 2.05) is 21.0 Å². The number of nitrogens with zero attached hydrogens (tertiary/aromatic N) is 3. The molecule has 2 aliphatic heterocycles. The highest BCUT2D eigenvalue weighted by Crippen LogP contribution is 2.48. The van der Waals surface area contributed by atoms with E-state index in [0.717, 1.165) is 111 Å². The predicted molar refractivity (Wildman–Crippen MR) is 210 cm³/mol. The van der Waals surface area contributed by atoms with Gasteiger partial charge in [-0.1, -0.05) is 5.76 Å². The molecule has 10 rings (SSSR count). The van der Waals surface area contributed by atoms with E-state index in [2.05, 4.69) is 39.9 Å². The third-order valence-corrected chi connectivity index (χ3v) is 13.9. The highest BCUT2D eigenvalue weighted by atomic mass is 16.3. The van der Waals surface area contributed by atoms with E-state index in [1.54, 1.807) is 0 Å². The molecule has 8 aliphatic rings. The zero-order chi connectivity index (χ0) is 37.7. The van der Waals surface area contributed by atoms with Gasteiger partial charge in [0, 0.05) is 47.8 Å². The average Bonchev–Trinajstić information content (AvgIpc) is 3.85. The van der Waals surface area contributed by atoms with Crippen LogP contribution in [0, 0.1) is 13.8 Å². The smallest absolute Gasteiger partial charge is 0.219 e. The highest BCUT2D eigenvalue weighted by Gasteiger charge is 2.44. The van der Waals surface area contributed by atoms with Crippen LogP contribution in [0.4, 0.5) is 0 Å². The normalized spacial score (nSPS) is 25.0. The highest BCUT2D eigenvalue weighted by molar-refractivity contribution is 6.40. The molecule has 0 saturated heterocycles. The van der Waals surface area contributed by atoms with Crippen LogP contribution in [0.25, 0.3) is 11.1 Å². The molecule has 8 heteroatoms. The quantitative estimate of drug-likeness (QED) is 0.244. The van der Waals surface area contributed by atoms with Crippen molar-refractivity contribution in [3.63, 3.8) is 0 Å². The molecular weight excluding hydrogens is 673 g/mol. The van der Waals surface area contributed by atoms with Crippen molar-refractivity contribution in [1.82, 2.24) is 9.55 Å². The summed E-state index contributed by atoms with van der Waals surface area (Å²) >= 11 is 0. The van der Waals surface area contributed by atoms with Crippen molar-refractivity contribution in [3.8, 4) is 0 Å². The van der Waals surface area contributed by atoms with Crippen LogP contribution in [-0.4, -0.2) is 49.3 Å². The maximum absolute atomic E-state index is 13.3. The van der Waals surface area contributed by atoms with Gasteiger partial charge in [0.15, 0.2) is 5.71 Å². The molecule has 0 atom stereocenters. The van der Waals surface area contributed by atoms with E-state index in [4.69, 9.17) is 0 Å². The zero-order valence-electron chi connectivity index (χ0n) is 32.8. The number of H-pyrrole nitrogens is 1. The van der Waals surface area contributed by atoms with Gasteiger partial charge in [-0.3, -0.25) is 14.6 Å². The van der Waals surface area contributed by atoms with Crippen LogP contribution in [0.1, 0.15) is 136 Å². The number of likely N-dealkylation sites (N-methyl/N-ethyl adjacent to an activating group) is 1. The number of aromatic amines is 1. The Kier molecular flexibility index (Phi) is 8.40. The number of aliphatic hydroxyl groups is 1. The first kappa shape index (κ1) is 35.0. The molecule has 2 aromatic heterocycles. The number of aromatic nitrogens is 2. The van der Waals surface area contributed by atoms with Gasteiger partial charge in [-0.05, 0) is 157 Å². The van der Waals surface area contributed by atoms with Crippen LogP contribution < -0.4 is 5.11 Å². The molecule has 0 spiro atoms. The summed E-state index contributed by atoms with van der Waals surface area (Å²) in [7, 11) is 4.01. The summed E-state index contributed by atoms with van der Waals surface area (Å²) in [5.74, 6) is -0.0145. The maximum atomic E-state index is 13.3. The van der Waals surface area contributed by atoms with E-state index in [1.165, 1.54) is 81.6 Å². The SMILES string of the molecule is CC1=NC(=C2C(=O)C(c3[nH]c(C)c4c3CCCC4)=C2O)C2=C1CCCC2.CC1=[N+](C)/C(=C2\C(=O)C(c3c4c(c(C)n3C)CCCC4)=C2[O-])C2=C1CCCC2. The van der Waals surface area contributed by atoms with Crippen molar-refractivity contribution < 1.29 is 24.4 Å². The molecule has 2 aromatic rings. The standard InChI is InChI=1S/C24H28N2O2.C22H24N2O2/c1-13-15-9-5-7-11-17(15)21(25(13)3)19-23(27)20(24(19)28)22-18-12-8-6-10-16(18)14(2)26(22)4;1-11-13-7-3-5-9-15(13)19(23-11)17-21(25)18(22(17)26)20-16-10-6-4-8-14(16)12(2)24-20/h5-12H2,1-4H3;23,25H,3-10H2,1-2H3. The molecule has 0 unspecified atom stereocenters. The number of ketones is 2. The fourth-order valence-corrected chi connectivity index (χ4v) is 10.8. The first-order valence-electron chi connectivity index (χ1n) is 20.4. The maximum Gasteiger partial charge on any atom is 0.219 e. The van der Waals surface area contributed by atoms with Gasteiger partial charge in [0.2, 0.25) is 17.3 Å². The number of nitrogens with one attached hydrogen (secondary N) is 1. The summed E-state index contributed by atoms with van der Waals surface area (Å²) in [5.41, 5.74) is 19.9. The molecule has 6 aliphatic carbocycles. The molecule has 54 heavy (non-hydrogen) atoms. The summed E-state index contributed by atoms with van der Waals surface area (Å²) in [4.78, 5) is 34.5. The van der Waals surface area contributed by atoms with E-state index >= 15 is 0 Å². The van der Waals surface area contributed by atoms with Crippen molar-refractivity contribution in [2.45, 2.75) is 130 Å². The Morgan fingerprint density at radius 3 is 1.89 bits per heavy atom. The lowest BCUT2D eigenvalue weighted by atomic mass is 9.79. The first-order valence-corrected chi connectivity index (χ1v) is 20.4. The Morgan fingerprint density at radius 2 is 1.22 bits per heavy atom. The van der Waals surface area contributed by atoms with Crippen LogP contribution in [0.3, 0.4) is 0 Å². The first-order chi connectivity index (χ1) is 26.0. The number of Topliss-reactive ketones (excluding diaryl/α,β-unsaturated/α-hetero) is 2. The van der Waals surface area contributed by atoms with Gasteiger partial charge in [0.05, 0.1) is 33.8 Å². The fraction of sp³-hybridized carbons (Fsp3) is 0.478. The van der Waals surface area contributed by atoms with Gasteiger partial charge in [-0.25, -0.2) is 0 Å². The third kappa shape index (κ3) is 4.93. The van der Waals surface area contributed by atoms with Crippen molar-refractivity contribution in [2.75, 3.05) is 7.05 Å². The molecule has 0 fully saturated rings. The summed E-state index contributed by atoms with van der Waals surface area (Å²) in [6.45, 7) is 8.31. The third-order valence-electron chi connectivity index (χ3n) is 13.9. The molecule has 0 radical (unpaired) electrons. The Bertz CT molecular complexity index is 2390. The summed E-state index contributed by atoms with van der Waals surface area (Å²) < 4.78 is 4.17.